The van der Waals surface area contributed by atoms with Crippen LogP contribution in [0.4, 0.5) is 0 Å². The fourth-order valence-corrected chi connectivity index (χ4v) is 5.98. The lowest BCUT2D eigenvalue weighted by Crippen LogP contribution is -2.46. The van der Waals surface area contributed by atoms with Crippen LogP contribution in [-0.4, -0.2) is 22.2 Å². The third kappa shape index (κ3) is 4.51. The number of hydrogen-bond acceptors (Lipinski definition) is 2. The molecule has 0 aromatic carbocycles. The minimum absolute atomic E-state index is 0.277. The summed E-state index contributed by atoms with van der Waals surface area (Å²) in [5, 5.41) is 7.67. The van der Waals surface area contributed by atoms with Crippen molar-refractivity contribution in [2.24, 2.45) is 17.8 Å². The molecule has 2 nitrogen and oxygen atoms in total. The second kappa shape index (κ2) is 6.02. The van der Waals surface area contributed by atoms with E-state index < -0.39 is 0 Å². The van der Waals surface area contributed by atoms with Gasteiger partial charge in [-0.05, 0) is 92.4 Å². The van der Waals surface area contributed by atoms with E-state index in [4.69, 9.17) is 0 Å². The minimum Gasteiger partial charge on any atom is -0.307 e. The van der Waals surface area contributed by atoms with Crippen LogP contribution in [0.5, 0.6) is 0 Å². The largest absolute Gasteiger partial charge is 0.307 e. The third-order valence-corrected chi connectivity index (χ3v) is 6.65. The van der Waals surface area contributed by atoms with E-state index in [2.05, 4.69) is 72.9 Å². The van der Waals surface area contributed by atoms with Crippen LogP contribution in [0.2, 0.25) is 0 Å². The van der Waals surface area contributed by atoms with Crippen molar-refractivity contribution < 1.29 is 0 Å². The molecular formula is C21H42N2. The first-order chi connectivity index (χ1) is 10.2. The van der Waals surface area contributed by atoms with Crippen molar-refractivity contribution in [3.8, 4) is 0 Å². The van der Waals surface area contributed by atoms with Crippen molar-refractivity contribution in [2.75, 3.05) is 0 Å². The van der Waals surface area contributed by atoms with E-state index in [1.165, 1.54) is 32.1 Å². The minimum atomic E-state index is 0.277. The Labute approximate surface area is 145 Å². The van der Waals surface area contributed by atoms with Gasteiger partial charge in [0.2, 0.25) is 0 Å². The molecular weight excluding hydrogens is 280 g/mol. The molecule has 2 N–H and O–H groups in total. The normalized spacial score (nSPS) is 35.3. The quantitative estimate of drug-likeness (QED) is 0.733. The zero-order valence-electron chi connectivity index (χ0n) is 17.3. The average Bonchev–Trinajstić information content (AvgIpc) is 2.66. The zero-order valence-corrected chi connectivity index (χ0v) is 17.3. The Morgan fingerprint density at radius 1 is 0.826 bits per heavy atom. The predicted octanol–water partition coefficient (Wildman–Crippen LogP) is 5.13. The Morgan fingerprint density at radius 3 is 1.78 bits per heavy atom. The first-order valence-electron chi connectivity index (χ1n) is 9.83. The molecule has 2 heteroatoms. The molecule has 3 atom stereocenters. The molecule has 0 aliphatic carbocycles. The molecule has 0 aromatic rings. The number of rotatable bonds is 5. The van der Waals surface area contributed by atoms with Crippen LogP contribution in [0.1, 0.15) is 94.4 Å². The molecule has 0 radical (unpaired) electrons. The molecule has 0 bridgehead atoms. The average molecular weight is 323 g/mol. The smallest absolute Gasteiger partial charge is 0.0161 e. The van der Waals surface area contributed by atoms with Crippen LogP contribution in [-0.2, 0) is 0 Å². The van der Waals surface area contributed by atoms with Crippen molar-refractivity contribution in [1.29, 1.82) is 0 Å². The Bertz CT molecular complexity index is 420. The van der Waals surface area contributed by atoms with Gasteiger partial charge in [-0.25, -0.2) is 0 Å². The van der Waals surface area contributed by atoms with Gasteiger partial charge in [0.15, 0.2) is 0 Å². The van der Waals surface area contributed by atoms with E-state index in [1.807, 2.05) is 0 Å². The molecule has 2 aliphatic rings. The fraction of sp³-hybridized carbons (Fsp3) is 1.00. The van der Waals surface area contributed by atoms with Crippen LogP contribution in [0, 0.1) is 17.8 Å². The van der Waals surface area contributed by atoms with Gasteiger partial charge in [-0.15, -0.1) is 0 Å². The maximum Gasteiger partial charge on any atom is 0.0161 e. The Balaban J connectivity index is 1.85. The maximum absolute atomic E-state index is 3.85. The van der Waals surface area contributed by atoms with Gasteiger partial charge in [0.1, 0.15) is 0 Å². The summed E-state index contributed by atoms with van der Waals surface area (Å²) in [4.78, 5) is 0. The van der Waals surface area contributed by atoms with Crippen LogP contribution < -0.4 is 10.6 Å². The fourth-order valence-electron chi connectivity index (χ4n) is 5.98. The molecule has 2 aliphatic heterocycles. The van der Waals surface area contributed by atoms with Crippen molar-refractivity contribution >= 4 is 0 Å². The second-order valence-electron chi connectivity index (χ2n) is 11.1. The van der Waals surface area contributed by atoms with Gasteiger partial charge in [0.05, 0.1) is 0 Å². The van der Waals surface area contributed by atoms with Gasteiger partial charge in [-0.2, -0.15) is 0 Å². The molecule has 2 fully saturated rings. The molecule has 23 heavy (non-hydrogen) atoms. The van der Waals surface area contributed by atoms with Crippen molar-refractivity contribution in [3.05, 3.63) is 0 Å². The topological polar surface area (TPSA) is 24.1 Å². The number of nitrogens with one attached hydrogen (secondary N) is 2. The summed E-state index contributed by atoms with van der Waals surface area (Å²) in [5.41, 5.74) is 1.17. The van der Waals surface area contributed by atoms with Crippen molar-refractivity contribution in [3.63, 3.8) is 0 Å². The van der Waals surface area contributed by atoms with Crippen LogP contribution in [0.3, 0.4) is 0 Å². The van der Waals surface area contributed by atoms with Crippen LogP contribution >= 0.6 is 0 Å². The van der Waals surface area contributed by atoms with Crippen LogP contribution in [0.15, 0.2) is 0 Å². The summed E-state index contributed by atoms with van der Waals surface area (Å²) >= 11 is 0. The van der Waals surface area contributed by atoms with Gasteiger partial charge in [-0.1, -0.05) is 19.8 Å². The summed E-state index contributed by atoms with van der Waals surface area (Å²) in [7, 11) is 0. The standard InChI is InChI=1S/C21H42N2/c1-15(17-14-19(4,5)23-21(17,8)9)11-10-12-16-13-18(2,3)22-20(16,6)7/h15-17,22-23H,10-14H2,1-9H3. The Morgan fingerprint density at radius 2 is 1.35 bits per heavy atom. The van der Waals surface area contributed by atoms with Gasteiger partial charge < -0.3 is 10.6 Å². The molecule has 2 heterocycles. The zero-order chi connectivity index (χ0) is 17.7. The predicted molar refractivity (Wildman–Crippen MR) is 102 cm³/mol. The summed E-state index contributed by atoms with van der Waals surface area (Å²) < 4.78 is 0. The lowest BCUT2D eigenvalue weighted by molar-refractivity contribution is 0.223. The van der Waals surface area contributed by atoms with Gasteiger partial charge in [0, 0.05) is 22.2 Å². The van der Waals surface area contributed by atoms with Gasteiger partial charge >= 0.3 is 0 Å². The molecule has 2 rings (SSSR count). The van der Waals surface area contributed by atoms with E-state index in [-0.39, 0.29) is 5.54 Å². The molecule has 136 valence electrons. The Kier molecular flexibility index (Phi) is 5.04. The van der Waals surface area contributed by atoms with E-state index in [1.54, 1.807) is 0 Å². The summed E-state index contributed by atoms with van der Waals surface area (Å²) in [5.74, 6) is 2.42. The van der Waals surface area contributed by atoms with E-state index >= 15 is 0 Å². The molecule has 0 spiro atoms. The highest BCUT2D eigenvalue weighted by Crippen LogP contribution is 2.43. The Hall–Kier alpha value is -0.0800. The molecule has 2 saturated heterocycles. The summed E-state index contributed by atoms with van der Waals surface area (Å²) in [6.45, 7) is 21.5. The van der Waals surface area contributed by atoms with Gasteiger partial charge in [0.25, 0.3) is 0 Å². The van der Waals surface area contributed by atoms with Crippen molar-refractivity contribution in [2.45, 2.75) is 117 Å². The highest BCUT2D eigenvalue weighted by Gasteiger charge is 2.46. The van der Waals surface area contributed by atoms with E-state index in [9.17, 15) is 0 Å². The summed E-state index contributed by atoms with van der Waals surface area (Å²) in [6.07, 6.45) is 6.75. The lowest BCUT2D eigenvalue weighted by atomic mass is 9.75. The third-order valence-electron chi connectivity index (χ3n) is 6.65. The van der Waals surface area contributed by atoms with Gasteiger partial charge in [-0.3, -0.25) is 0 Å². The van der Waals surface area contributed by atoms with Crippen LogP contribution in [0.25, 0.3) is 0 Å². The second-order valence-corrected chi connectivity index (χ2v) is 11.1. The number of hydrogen-bond donors (Lipinski definition) is 2. The van der Waals surface area contributed by atoms with E-state index in [0.29, 0.717) is 16.6 Å². The highest BCUT2D eigenvalue weighted by molar-refractivity contribution is 5.05. The molecule has 0 aromatic heterocycles. The first-order valence-corrected chi connectivity index (χ1v) is 9.83. The molecule has 0 amide bonds. The summed E-state index contributed by atoms with van der Waals surface area (Å²) in [6, 6.07) is 0. The van der Waals surface area contributed by atoms with Crippen molar-refractivity contribution in [1.82, 2.24) is 10.6 Å². The molecule has 3 unspecified atom stereocenters. The maximum atomic E-state index is 3.85. The highest BCUT2D eigenvalue weighted by atomic mass is 15.1. The first kappa shape index (κ1) is 19.2. The lowest BCUT2D eigenvalue weighted by Gasteiger charge is -2.33. The van der Waals surface area contributed by atoms with E-state index in [0.717, 1.165) is 17.8 Å². The SMILES string of the molecule is CC(CCCC1CC(C)(C)NC1(C)C)C1CC(C)(C)NC1(C)C. The molecule has 0 saturated carbocycles. The monoisotopic (exact) mass is 322 g/mol.